The molecule has 0 aliphatic carbocycles. The highest BCUT2D eigenvalue weighted by molar-refractivity contribution is 6.09. The van der Waals surface area contributed by atoms with Crippen molar-refractivity contribution in [3.8, 4) is 11.8 Å². The molecule has 2 rings (SSSR count). The lowest BCUT2D eigenvalue weighted by atomic mass is 10.1. The largest absolute Gasteiger partial charge is 0.507 e. The monoisotopic (exact) mass is 332 g/mol. The van der Waals surface area contributed by atoms with Gasteiger partial charge < -0.3 is 10.4 Å². The van der Waals surface area contributed by atoms with Gasteiger partial charge in [0.1, 0.15) is 17.4 Å². The number of nitriles is 1. The van der Waals surface area contributed by atoms with Crippen molar-refractivity contribution in [3.05, 3.63) is 65.2 Å². The Morgan fingerprint density at radius 2 is 1.88 bits per heavy atom. The summed E-state index contributed by atoms with van der Waals surface area (Å²) in [5.41, 5.74) is -1.11. The number of phenolic OH excluding ortho intramolecular Hbond substituents is 1. The highest BCUT2D eigenvalue weighted by Crippen LogP contribution is 2.30. The molecule has 0 spiro atoms. The zero-order chi connectivity index (χ0) is 17.7. The van der Waals surface area contributed by atoms with Crippen LogP contribution in [0, 0.1) is 11.3 Å². The van der Waals surface area contributed by atoms with Gasteiger partial charge in [-0.3, -0.25) is 4.79 Å². The molecule has 0 aliphatic heterocycles. The van der Waals surface area contributed by atoms with Gasteiger partial charge in [-0.15, -0.1) is 0 Å². The molecule has 0 aromatic heterocycles. The molecule has 4 nitrogen and oxygen atoms in total. The first kappa shape index (κ1) is 17.1. The Morgan fingerprint density at radius 3 is 2.50 bits per heavy atom. The van der Waals surface area contributed by atoms with Crippen LogP contribution in [0.15, 0.2) is 54.1 Å². The van der Waals surface area contributed by atoms with E-state index in [1.807, 2.05) is 0 Å². The molecule has 0 fully saturated rings. The minimum absolute atomic E-state index is 0.0896. The zero-order valence-electron chi connectivity index (χ0n) is 12.1. The van der Waals surface area contributed by atoms with E-state index in [9.17, 15) is 23.1 Å². The van der Waals surface area contributed by atoms with E-state index < -0.39 is 17.6 Å². The van der Waals surface area contributed by atoms with Crippen molar-refractivity contribution < 1.29 is 23.1 Å². The molecule has 0 aliphatic rings. The van der Waals surface area contributed by atoms with Crippen LogP contribution in [-0.2, 0) is 11.0 Å². The Morgan fingerprint density at radius 1 is 1.17 bits per heavy atom. The molecular formula is C17H11F3N2O2. The van der Waals surface area contributed by atoms with Gasteiger partial charge in [-0.2, -0.15) is 18.4 Å². The van der Waals surface area contributed by atoms with E-state index in [1.165, 1.54) is 18.2 Å². The van der Waals surface area contributed by atoms with Gasteiger partial charge in [-0.05, 0) is 30.3 Å². The third-order valence-corrected chi connectivity index (χ3v) is 3.05. The lowest BCUT2D eigenvalue weighted by Gasteiger charge is -2.09. The van der Waals surface area contributed by atoms with Gasteiger partial charge in [0, 0.05) is 11.3 Å². The van der Waals surface area contributed by atoms with Crippen molar-refractivity contribution in [3.63, 3.8) is 0 Å². The summed E-state index contributed by atoms with van der Waals surface area (Å²) in [5.74, 6) is -1.00. The number of benzene rings is 2. The predicted octanol–water partition coefficient (Wildman–Crippen LogP) is 3.96. The minimum atomic E-state index is -4.54. The normalized spacial score (nSPS) is 11.7. The maximum atomic E-state index is 12.7. The fraction of sp³-hybridized carbons (Fsp3) is 0.0588. The molecule has 1 amide bonds. The highest BCUT2D eigenvalue weighted by atomic mass is 19.4. The standard InChI is InChI=1S/C17H11F3N2O2/c18-17(19,20)13-5-3-6-14(9-13)22-16(24)12(10-21)8-11-4-1-2-7-15(11)23/h1-9,23H,(H,22,24)/b12-8+. The van der Waals surface area contributed by atoms with Crippen LogP contribution < -0.4 is 5.32 Å². The number of para-hydroxylation sites is 1. The summed E-state index contributed by atoms with van der Waals surface area (Å²) in [6.45, 7) is 0. The first-order valence-electron chi connectivity index (χ1n) is 6.69. The fourth-order valence-corrected chi connectivity index (χ4v) is 1.89. The van der Waals surface area contributed by atoms with Crippen molar-refractivity contribution in [2.24, 2.45) is 0 Å². The Bertz CT molecular complexity index is 836. The van der Waals surface area contributed by atoms with Crippen molar-refractivity contribution in [2.45, 2.75) is 6.18 Å². The van der Waals surface area contributed by atoms with E-state index in [2.05, 4.69) is 5.32 Å². The van der Waals surface area contributed by atoms with E-state index in [1.54, 1.807) is 18.2 Å². The quantitative estimate of drug-likeness (QED) is 0.660. The number of hydrogen-bond acceptors (Lipinski definition) is 3. The number of carbonyl (C=O) groups is 1. The number of anilines is 1. The van der Waals surface area contributed by atoms with Crippen LogP contribution in [0.5, 0.6) is 5.75 Å². The molecule has 0 atom stereocenters. The topological polar surface area (TPSA) is 73.1 Å². The van der Waals surface area contributed by atoms with Crippen LogP contribution >= 0.6 is 0 Å². The van der Waals surface area contributed by atoms with Crippen molar-refractivity contribution in [1.82, 2.24) is 0 Å². The molecule has 2 N–H and O–H groups in total. The van der Waals surface area contributed by atoms with Crippen LogP contribution in [0.1, 0.15) is 11.1 Å². The zero-order valence-corrected chi connectivity index (χ0v) is 12.1. The minimum Gasteiger partial charge on any atom is -0.507 e. The van der Waals surface area contributed by atoms with Crippen LogP contribution in [0.4, 0.5) is 18.9 Å². The number of phenols is 1. The number of carbonyl (C=O) groups excluding carboxylic acids is 1. The number of nitrogens with one attached hydrogen (secondary N) is 1. The van der Waals surface area contributed by atoms with Crippen LogP contribution in [0.3, 0.4) is 0 Å². The SMILES string of the molecule is N#C/C(=C\c1ccccc1O)C(=O)Nc1cccc(C(F)(F)F)c1. The molecule has 24 heavy (non-hydrogen) atoms. The maximum absolute atomic E-state index is 12.7. The number of alkyl halides is 3. The summed E-state index contributed by atoms with van der Waals surface area (Å²) in [4.78, 5) is 12.1. The van der Waals surface area contributed by atoms with Gasteiger partial charge in [0.15, 0.2) is 0 Å². The Kier molecular flexibility index (Phi) is 4.90. The first-order valence-corrected chi connectivity index (χ1v) is 6.69. The summed E-state index contributed by atoms with van der Waals surface area (Å²) in [6, 6.07) is 11.8. The maximum Gasteiger partial charge on any atom is 0.416 e. The lowest BCUT2D eigenvalue weighted by molar-refractivity contribution is -0.137. The van der Waals surface area contributed by atoms with Gasteiger partial charge in [0.05, 0.1) is 5.56 Å². The summed E-state index contributed by atoms with van der Waals surface area (Å²) in [5, 5.41) is 20.9. The molecule has 2 aromatic carbocycles. The number of halogens is 3. The van der Waals surface area contributed by atoms with E-state index in [-0.39, 0.29) is 22.6 Å². The highest BCUT2D eigenvalue weighted by Gasteiger charge is 2.30. The number of aromatic hydroxyl groups is 1. The smallest absolute Gasteiger partial charge is 0.416 e. The molecule has 0 saturated carbocycles. The van der Waals surface area contributed by atoms with Crippen molar-refractivity contribution >= 4 is 17.7 Å². The number of hydrogen-bond donors (Lipinski definition) is 2. The van der Waals surface area contributed by atoms with Gasteiger partial charge >= 0.3 is 6.18 Å². The second-order valence-electron chi connectivity index (χ2n) is 4.76. The molecule has 122 valence electrons. The lowest BCUT2D eigenvalue weighted by Crippen LogP contribution is -2.14. The second kappa shape index (κ2) is 6.87. The number of nitrogens with zero attached hydrogens (tertiary/aromatic N) is 1. The van der Waals surface area contributed by atoms with E-state index in [0.717, 1.165) is 24.3 Å². The third-order valence-electron chi connectivity index (χ3n) is 3.05. The van der Waals surface area contributed by atoms with Gasteiger partial charge in [0.25, 0.3) is 5.91 Å². The van der Waals surface area contributed by atoms with Gasteiger partial charge in [-0.1, -0.05) is 24.3 Å². The molecule has 7 heteroatoms. The molecule has 0 bridgehead atoms. The summed E-state index contributed by atoms with van der Waals surface area (Å²) >= 11 is 0. The van der Waals surface area contributed by atoms with Gasteiger partial charge in [0.2, 0.25) is 0 Å². The summed E-state index contributed by atoms with van der Waals surface area (Å²) in [6.07, 6.45) is -3.39. The summed E-state index contributed by atoms with van der Waals surface area (Å²) < 4.78 is 38.0. The second-order valence-corrected chi connectivity index (χ2v) is 4.76. The molecular weight excluding hydrogens is 321 g/mol. The van der Waals surface area contributed by atoms with Crippen molar-refractivity contribution in [1.29, 1.82) is 5.26 Å². The van der Waals surface area contributed by atoms with E-state index in [0.29, 0.717) is 0 Å². The van der Waals surface area contributed by atoms with Crippen LogP contribution in [0.2, 0.25) is 0 Å². The molecule has 0 saturated heterocycles. The number of amides is 1. The molecule has 0 heterocycles. The number of rotatable bonds is 3. The fourth-order valence-electron chi connectivity index (χ4n) is 1.89. The van der Waals surface area contributed by atoms with Crippen LogP contribution in [-0.4, -0.2) is 11.0 Å². The van der Waals surface area contributed by atoms with E-state index in [4.69, 9.17) is 5.26 Å². The van der Waals surface area contributed by atoms with E-state index >= 15 is 0 Å². The molecule has 0 radical (unpaired) electrons. The predicted molar refractivity (Wildman–Crippen MR) is 81.8 cm³/mol. The van der Waals surface area contributed by atoms with Gasteiger partial charge in [-0.25, -0.2) is 0 Å². The molecule has 2 aromatic rings. The Balaban J connectivity index is 2.25. The summed E-state index contributed by atoms with van der Waals surface area (Å²) in [7, 11) is 0. The average Bonchev–Trinajstić information content (AvgIpc) is 2.53. The Labute approximate surface area is 135 Å². The third kappa shape index (κ3) is 4.14. The Hall–Kier alpha value is -3.27. The molecule has 0 unspecified atom stereocenters. The average molecular weight is 332 g/mol. The van der Waals surface area contributed by atoms with Crippen molar-refractivity contribution in [2.75, 3.05) is 5.32 Å². The first-order chi connectivity index (χ1) is 11.3. The van der Waals surface area contributed by atoms with Crippen LogP contribution in [0.25, 0.3) is 6.08 Å².